The largest absolute Gasteiger partial charge is 0.493 e. The molecule has 0 radical (unpaired) electrons. The van der Waals surface area contributed by atoms with Crippen LogP contribution in [0.2, 0.25) is 0 Å². The molecule has 0 unspecified atom stereocenters. The lowest BCUT2D eigenvalue weighted by Crippen LogP contribution is -2.47. The predicted octanol–water partition coefficient (Wildman–Crippen LogP) is 5.16. The van der Waals surface area contributed by atoms with Gasteiger partial charge in [0.15, 0.2) is 11.5 Å². The highest BCUT2D eigenvalue weighted by atomic mass is 35.5. The van der Waals surface area contributed by atoms with Gasteiger partial charge in [0.05, 0.1) is 13.7 Å². The van der Waals surface area contributed by atoms with Crippen molar-refractivity contribution in [3.05, 3.63) is 59.2 Å². The Morgan fingerprint density at radius 3 is 2.41 bits per heavy atom. The van der Waals surface area contributed by atoms with Crippen molar-refractivity contribution in [2.45, 2.75) is 64.6 Å². The average molecular weight is 487 g/mol. The summed E-state index contributed by atoms with van der Waals surface area (Å²) in [7, 11) is 1.56. The number of nitrogens with one attached hydrogen (secondary N) is 1. The van der Waals surface area contributed by atoms with Crippen molar-refractivity contribution in [1.29, 1.82) is 0 Å². The smallest absolute Gasteiger partial charge is 0.247 e. The molecule has 1 aliphatic carbocycles. The Bertz CT molecular complexity index is 958. The van der Waals surface area contributed by atoms with Crippen LogP contribution >= 0.6 is 11.6 Å². The average Bonchev–Trinajstić information content (AvgIpc) is 2.85. The molecule has 2 aromatic rings. The zero-order valence-corrected chi connectivity index (χ0v) is 21.1. The molecule has 1 atom stereocenters. The van der Waals surface area contributed by atoms with Gasteiger partial charge in [-0.15, -0.1) is 11.6 Å². The number of carbonyl (C=O) groups excluding carboxylic acids is 2. The molecule has 184 valence electrons. The van der Waals surface area contributed by atoms with Gasteiger partial charge in [0.2, 0.25) is 11.8 Å². The lowest BCUT2D eigenvalue weighted by molar-refractivity contribution is -0.140. The highest BCUT2D eigenvalue weighted by Crippen LogP contribution is 2.34. The summed E-state index contributed by atoms with van der Waals surface area (Å²) < 4.78 is 11.2. The van der Waals surface area contributed by atoms with Crippen LogP contribution in [0.3, 0.4) is 0 Å². The first-order valence-corrected chi connectivity index (χ1v) is 12.5. The zero-order valence-electron chi connectivity index (χ0n) is 20.3. The van der Waals surface area contributed by atoms with E-state index in [1.54, 1.807) is 24.1 Å². The molecule has 1 aliphatic rings. The lowest BCUT2D eigenvalue weighted by Gasteiger charge is -2.33. The number of ether oxygens (including phenoxy) is 2. The fourth-order valence-corrected chi connectivity index (χ4v) is 4.57. The van der Waals surface area contributed by atoms with Gasteiger partial charge in [-0.1, -0.05) is 55.2 Å². The number of alkyl halides is 1. The van der Waals surface area contributed by atoms with Crippen molar-refractivity contribution in [2.24, 2.45) is 0 Å². The van der Waals surface area contributed by atoms with Crippen LogP contribution in [-0.2, 0) is 16.1 Å². The second-order valence-corrected chi connectivity index (χ2v) is 9.00. The normalized spacial score (nSPS) is 14.8. The Kier molecular flexibility index (Phi) is 9.63. The number of hydrogen-bond acceptors (Lipinski definition) is 4. The van der Waals surface area contributed by atoms with Crippen LogP contribution in [-0.4, -0.2) is 42.4 Å². The van der Waals surface area contributed by atoms with E-state index >= 15 is 0 Å². The van der Waals surface area contributed by atoms with Crippen LogP contribution in [0.4, 0.5) is 0 Å². The van der Waals surface area contributed by atoms with Crippen LogP contribution in [0.5, 0.6) is 11.5 Å². The minimum atomic E-state index is -0.848. The Morgan fingerprint density at radius 1 is 1.09 bits per heavy atom. The quantitative estimate of drug-likeness (QED) is 0.471. The van der Waals surface area contributed by atoms with Crippen molar-refractivity contribution < 1.29 is 19.1 Å². The molecule has 3 rings (SSSR count). The molecular formula is C27H35ClN2O4. The Morgan fingerprint density at radius 2 is 1.79 bits per heavy atom. The lowest BCUT2D eigenvalue weighted by atomic mass is 9.94. The van der Waals surface area contributed by atoms with Gasteiger partial charge in [0.1, 0.15) is 11.9 Å². The molecule has 1 fully saturated rings. The van der Waals surface area contributed by atoms with Crippen molar-refractivity contribution in [3.8, 4) is 11.5 Å². The van der Waals surface area contributed by atoms with E-state index in [-0.39, 0.29) is 30.3 Å². The number of rotatable bonds is 10. The third kappa shape index (κ3) is 6.66. The SMILES string of the molecule is CCOc1ccc([C@H](C(=O)NC2CCCCC2)N(Cc2ccc(C)cc2)C(=O)CCl)cc1OC. The van der Waals surface area contributed by atoms with Crippen molar-refractivity contribution in [1.82, 2.24) is 10.2 Å². The first-order valence-electron chi connectivity index (χ1n) is 12.0. The summed E-state index contributed by atoms with van der Waals surface area (Å²) in [4.78, 5) is 28.3. The number of benzene rings is 2. The Labute approximate surface area is 207 Å². The molecule has 2 amide bonds. The molecule has 0 aliphatic heterocycles. The maximum absolute atomic E-state index is 13.7. The number of carbonyl (C=O) groups is 2. The molecule has 0 bridgehead atoms. The van der Waals surface area contributed by atoms with E-state index in [1.807, 2.05) is 44.2 Å². The van der Waals surface area contributed by atoms with Crippen LogP contribution < -0.4 is 14.8 Å². The van der Waals surface area contributed by atoms with Crippen LogP contribution in [0, 0.1) is 6.92 Å². The standard InChI is InChI=1S/C27H35ClN2O4/c1-4-34-23-15-14-21(16-24(23)33-3)26(27(32)29-22-8-6-5-7-9-22)30(25(31)17-28)18-20-12-10-19(2)11-13-20/h10-16,22,26H,4-9,17-18H2,1-3H3,(H,29,32)/t26-/m1/s1. The number of hydrogen-bond donors (Lipinski definition) is 1. The summed E-state index contributed by atoms with van der Waals surface area (Å²) >= 11 is 6.02. The van der Waals surface area contributed by atoms with Crippen molar-refractivity contribution in [3.63, 3.8) is 0 Å². The van der Waals surface area contributed by atoms with Gasteiger partial charge in [-0.2, -0.15) is 0 Å². The molecular weight excluding hydrogens is 452 g/mol. The molecule has 0 heterocycles. The van der Waals surface area contributed by atoms with Crippen molar-refractivity contribution >= 4 is 23.4 Å². The maximum atomic E-state index is 13.7. The summed E-state index contributed by atoms with van der Waals surface area (Å²) in [6.07, 6.45) is 5.29. The molecule has 34 heavy (non-hydrogen) atoms. The highest BCUT2D eigenvalue weighted by molar-refractivity contribution is 6.27. The molecule has 6 nitrogen and oxygen atoms in total. The molecule has 0 aromatic heterocycles. The number of amides is 2. The molecule has 0 spiro atoms. The third-order valence-electron chi connectivity index (χ3n) is 6.22. The van der Waals surface area contributed by atoms with Gasteiger partial charge >= 0.3 is 0 Å². The van der Waals surface area contributed by atoms with Gasteiger partial charge in [0, 0.05) is 12.6 Å². The van der Waals surface area contributed by atoms with Crippen LogP contribution in [0.15, 0.2) is 42.5 Å². The van der Waals surface area contributed by atoms with Crippen LogP contribution in [0.1, 0.15) is 61.8 Å². The van der Waals surface area contributed by atoms with Crippen molar-refractivity contribution in [2.75, 3.05) is 19.6 Å². The fourth-order valence-electron chi connectivity index (χ4n) is 4.42. The molecule has 0 saturated heterocycles. The zero-order chi connectivity index (χ0) is 24.5. The monoisotopic (exact) mass is 486 g/mol. The molecule has 2 aromatic carbocycles. The van der Waals surface area contributed by atoms with E-state index < -0.39 is 6.04 Å². The summed E-state index contributed by atoms with van der Waals surface area (Å²) in [5.74, 6) is 0.382. The molecule has 1 N–H and O–H groups in total. The summed E-state index contributed by atoms with van der Waals surface area (Å²) in [6.45, 7) is 4.67. The minimum absolute atomic E-state index is 0.112. The number of nitrogens with zero attached hydrogens (tertiary/aromatic N) is 1. The van der Waals surface area contributed by atoms with E-state index in [1.165, 1.54) is 6.42 Å². The number of halogens is 1. The minimum Gasteiger partial charge on any atom is -0.493 e. The van der Waals surface area contributed by atoms with E-state index in [4.69, 9.17) is 21.1 Å². The number of aryl methyl sites for hydroxylation is 1. The fraction of sp³-hybridized carbons (Fsp3) is 0.481. The van der Waals surface area contributed by atoms with E-state index in [9.17, 15) is 9.59 Å². The number of methoxy groups -OCH3 is 1. The van der Waals surface area contributed by atoms with Gasteiger partial charge in [-0.3, -0.25) is 9.59 Å². The Hall–Kier alpha value is -2.73. The van der Waals surface area contributed by atoms with E-state index in [0.29, 0.717) is 23.7 Å². The maximum Gasteiger partial charge on any atom is 0.247 e. The van der Waals surface area contributed by atoms with E-state index in [2.05, 4.69) is 5.32 Å². The highest BCUT2D eigenvalue weighted by Gasteiger charge is 2.33. The Balaban J connectivity index is 2.00. The summed E-state index contributed by atoms with van der Waals surface area (Å²) in [5.41, 5.74) is 2.71. The second-order valence-electron chi connectivity index (χ2n) is 8.73. The predicted molar refractivity (Wildman–Crippen MR) is 134 cm³/mol. The topological polar surface area (TPSA) is 67.9 Å². The first kappa shape index (κ1) is 25.9. The van der Waals surface area contributed by atoms with Gasteiger partial charge in [-0.05, 0) is 49.9 Å². The van der Waals surface area contributed by atoms with Gasteiger partial charge < -0.3 is 19.7 Å². The molecule has 7 heteroatoms. The van der Waals surface area contributed by atoms with Gasteiger partial charge in [0.25, 0.3) is 0 Å². The summed E-state index contributed by atoms with van der Waals surface area (Å²) in [5, 5.41) is 3.20. The second kappa shape index (κ2) is 12.7. The third-order valence-corrected chi connectivity index (χ3v) is 6.45. The van der Waals surface area contributed by atoms with Gasteiger partial charge in [-0.25, -0.2) is 0 Å². The first-order chi connectivity index (χ1) is 16.5. The summed E-state index contributed by atoms with van der Waals surface area (Å²) in [6, 6.07) is 12.6. The molecule has 1 saturated carbocycles. The van der Waals surface area contributed by atoms with Crippen LogP contribution in [0.25, 0.3) is 0 Å². The van der Waals surface area contributed by atoms with E-state index in [0.717, 1.165) is 36.8 Å².